The number of ether oxygens (including phenoxy) is 3. The Labute approximate surface area is 181 Å². The Balaban J connectivity index is 1.67. The van der Waals surface area contributed by atoms with Gasteiger partial charge in [0.05, 0.1) is 18.3 Å². The number of carbonyl (C=O) groups excluding carboxylic acids is 1. The first-order chi connectivity index (χ1) is 14.4. The lowest BCUT2D eigenvalue weighted by atomic mass is 10.1. The Hall–Kier alpha value is -2.61. The molecule has 0 aromatic carbocycles. The second kappa shape index (κ2) is 9.93. The topological polar surface area (TPSA) is 86.7 Å². The summed E-state index contributed by atoms with van der Waals surface area (Å²) in [7, 11) is 0. The summed E-state index contributed by atoms with van der Waals surface area (Å²) < 4.78 is 17.1. The second-order valence-electron chi connectivity index (χ2n) is 7.35. The van der Waals surface area contributed by atoms with Crippen molar-refractivity contribution in [3.63, 3.8) is 0 Å². The maximum Gasteiger partial charge on any atom is 0.410 e. The fraction of sp³-hybridized carbons (Fsp3) is 0.524. The van der Waals surface area contributed by atoms with Gasteiger partial charge in [-0.3, -0.25) is 0 Å². The molecule has 0 bridgehead atoms. The molecule has 3 rings (SSSR count). The average molecular weight is 435 g/mol. The van der Waals surface area contributed by atoms with E-state index in [4.69, 9.17) is 25.8 Å². The van der Waals surface area contributed by atoms with Crippen molar-refractivity contribution in [1.82, 2.24) is 19.9 Å². The number of aromatic nitrogens is 3. The Morgan fingerprint density at radius 3 is 2.80 bits per heavy atom. The maximum absolute atomic E-state index is 12.3. The number of amides is 1. The van der Waals surface area contributed by atoms with Crippen LogP contribution in [0.4, 0.5) is 4.79 Å². The fourth-order valence-corrected chi connectivity index (χ4v) is 3.80. The summed E-state index contributed by atoms with van der Waals surface area (Å²) in [4.78, 5) is 26.6. The third-order valence-electron chi connectivity index (χ3n) is 5.10. The molecule has 1 amide bonds. The molecule has 0 radical (unpaired) electrons. The molecule has 1 aliphatic heterocycles. The van der Waals surface area contributed by atoms with Crippen LogP contribution in [-0.4, -0.2) is 50.7 Å². The van der Waals surface area contributed by atoms with Crippen molar-refractivity contribution in [2.45, 2.75) is 65.1 Å². The van der Waals surface area contributed by atoms with E-state index in [9.17, 15) is 4.79 Å². The van der Waals surface area contributed by atoms with E-state index in [-0.39, 0.29) is 29.4 Å². The van der Waals surface area contributed by atoms with Gasteiger partial charge in [-0.25, -0.2) is 19.7 Å². The molecule has 1 saturated heterocycles. The van der Waals surface area contributed by atoms with Crippen LogP contribution in [0.2, 0.25) is 5.15 Å². The lowest BCUT2D eigenvalue weighted by Crippen LogP contribution is -2.42. The largest absolute Gasteiger partial charge is 0.474 e. The molecule has 1 fully saturated rings. The lowest BCUT2D eigenvalue weighted by Gasteiger charge is -2.29. The van der Waals surface area contributed by atoms with Crippen molar-refractivity contribution in [3.05, 3.63) is 35.4 Å². The Kier molecular flexibility index (Phi) is 7.31. The van der Waals surface area contributed by atoms with E-state index in [1.165, 1.54) is 6.33 Å². The summed E-state index contributed by atoms with van der Waals surface area (Å²) >= 11 is 6.07. The first-order valence-electron chi connectivity index (χ1n) is 10.1. The minimum atomic E-state index is -0.262. The van der Waals surface area contributed by atoms with Crippen LogP contribution < -0.4 is 9.47 Å². The average Bonchev–Trinajstić information content (AvgIpc) is 3.07. The number of pyridine rings is 1. The molecule has 1 aliphatic rings. The van der Waals surface area contributed by atoms with Crippen molar-refractivity contribution >= 4 is 17.7 Å². The van der Waals surface area contributed by atoms with Crippen LogP contribution in [0.25, 0.3) is 0 Å². The molecule has 9 heteroatoms. The van der Waals surface area contributed by atoms with E-state index in [0.717, 1.165) is 12.8 Å². The van der Waals surface area contributed by atoms with Crippen LogP contribution in [0.15, 0.2) is 24.7 Å². The van der Waals surface area contributed by atoms with E-state index >= 15 is 0 Å². The minimum Gasteiger partial charge on any atom is -0.474 e. The minimum absolute atomic E-state index is 0.0705. The normalized spacial score (nSPS) is 19.4. The van der Waals surface area contributed by atoms with Crippen molar-refractivity contribution in [2.75, 3.05) is 6.61 Å². The molecule has 0 N–H and O–H groups in total. The SMILES string of the molecule is CCOC(=O)N1C(C)CCC1C[C@@H](C)Oc1ncnc(Oc2cccnc2Cl)c1C. The lowest BCUT2D eigenvalue weighted by molar-refractivity contribution is 0.0787. The molecule has 3 heterocycles. The molecule has 8 nitrogen and oxygen atoms in total. The highest BCUT2D eigenvalue weighted by Crippen LogP contribution is 2.32. The zero-order valence-corrected chi connectivity index (χ0v) is 18.4. The van der Waals surface area contributed by atoms with E-state index in [2.05, 4.69) is 15.0 Å². The second-order valence-corrected chi connectivity index (χ2v) is 7.71. The van der Waals surface area contributed by atoms with Gasteiger partial charge in [-0.15, -0.1) is 0 Å². The summed E-state index contributed by atoms with van der Waals surface area (Å²) in [6.45, 7) is 8.01. The van der Waals surface area contributed by atoms with Gasteiger partial charge >= 0.3 is 6.09 Å². The van der Waals surface area contributed by atoms with E-state index in [1.807, 2.05) is 32.6 Å². The molecular formula is C21H27ClN4O4. The van der Waals surface area contributed by atoms with Gasteiger partial charge in [0.1, 0.15) is 6.33 Å². The van der Waals surface area contributed by atoms with Gasteiger partial charge in [-0.05, 0) is 52.7 Å². The van der Waals surface area contributed by atoms with Crippen molar-refractivity contribution < 1.29 is 19.0 Å². The molecule has 3 atom stereocenters. The number of halogens is 1. The van der Waals surface area contributed by atoms with Crippen LogP contribution >= 0.6 is 11.6 Å². The zero-order valence-electron chi connectivity index (χ0n) is 17.7. The maximum atomic E-state index is 12.3. The van der Waals surface area contributed by atoms with Gasteiger partial charge in [0.15, 0.2) is 10.9 Å². The first kappa shape index (κ1) is 22.1. The molecule has 30 heavy (non-hydrogen) atoms. The van der Waals surface area contributed by atoms with Gasteiger partial charge in [0, 0.05) is 24.7 Å². The van der Waals surface area contributed by atoms with E-state index in [0.29, 0.717) is 36.1 Å². The predicted octanol–water partition coefficient (Wildman–Crippen LogP) is 4.79. The summed E-state index contributed by atoms with van der Waals surface area (Å²) in [5.41, 5.74) is 0.659. The van der Waals surface area contributed by atoms with Gasteiger partial charge in [-0.2, -0.15) is 0 Å². The van der Waals surface area contributed by atoms with E-state index in [1.54, 1.807) is 18.3 Å². The molecule has 0 saturated carbocycles. The molecular weight excluding hydrogens is 408 g/mol. The van der Waals surface area contributed by atoms with Gasteiger partial charge in [-0.1, -0.05) is 11.6 Å². The number of rotatable bonds is 7. The van der Waals surface area contributed by atoms with Gasteiger partial charge in [0.25, 0.3) is 0 Å². The van der Waals surface area contributed by atoms with Crippen LogP contribution in [0.5, 0.6) is 17.5 Å². The van der Waals surface area contributed by atoms with Crippen molar-refractivity contribution in [2.24, 2.45) is 0 Å². The zero-order chi connectivity index (χ0) is 21.7. The molecule has 162 valence electrons. The molecule has 2 unspecified atom stereocenters. The smallest absolute Gasteiger partial charge is 0.410 e. The first-order valence-corrected chi connectivity index (χ1v) is 10.5. The Morgan fingerprint density at radius 1 is 1.30 bits per heavy atom. The number of likely N-dealkylation sites (tertiary alicyclic amines) is 1. The van der Waals surface area contributed by atoms with Crippen LogP contribution in [0.1, 0.15) is 45.6 Å². The number of nitrogens with zero attached hydrogens (tertiary/aromatic N) is 4. The predicted molar refractivity (Wildman–Crippen MR) is 112 cm³/mol. The summed E-state index contributed by atoms with van der Waals surface area (Å²) in [6, 6.07) is 3.67. The molecule has 0 aliphatic carbocycles. The number of hydrogen-bond donors (Lipinski definition) is 0. The molecule has 0 spiro atoms. The molecule has 2 aromatic rings. The summed E-state index contributed by atoms with van der Waals surface area (Å²) in [6.07, 6.45) is 5.09. The van der Waals surface area contributed by atoms with Gasteiger partial charge in [0.2, 0.25) is 11.8 Å². The van der Waals surface area contributed by atoms with Crippen LogP contribution in [0.3, 0.4) is 0 Å². The Bertz CT molecular complexity index is 882. The summed E-state index contributed by atoms with van der Waals surface area (Å²) in [5.74, 6) is 1.19. The third-order valence-corrected chi connectivity index (χ3v) is 5.39. The summed E-state index contributed by atoms with van der Waals surface area (Å²) in [5, 5.41) is 0.251. The van der Waals surface area contributed by atoms with Crippen molar-refractivity contribution in [1.29, 1.82) is 0 Å². The number of carbonyl (C=O) groups is 1. The van der Waals surface area contributed by atoms with Crippen LogP contribution in [0, 0.1) is 6.92 Å². The standard InChI is InChI=1S/C21H27ClN4O4/c1-5-28-21(27)26-13(2)8-9-16(26)11-14(3)29-19-15(4)20(25-12-24-19)30-17-7-6-10-23-18(17)22/h6-7,10,12-14,16H,5,8-9,11H2,1-4H3/t13?,14-,16?/m1/s1. The fourth-order valence-electron chi connectivity index (χ4n) is 3.64. The Morgan fingerprint density at radius 2 is 2.07 bits per heavy atom. The van der Waals surface area contributed by atoms with E-state index < -0.39 is 0 Å². The highest BCUT2D eigenvalue weighted by atomic mass is 35.5. The third kappa shape index (κ3) is 5.11. The van der Waals surface area contributed by atoms with Crippen molar-refractivity contribution in [3.8, 4) is 17.5 Å². The quantitative estimate of drug-likeness (QED) is 0.579. The highest BCUT2D eigenvalue weighted by molar-refractivity contribution is 6.30. The van der Waals surface area contributed by atoms with Gasteiger partial charge < -0.3 is 19.1 Å². The molecule has 2 aromatic heterocycles. The number of hydrogen-bond acceptors (Lipinski definition) is 7. The highest BCUT2D eigenvalue weighted by Gasteiger charge is 2.36. The van der Waals surface area contributed by atoms with Crippen LogP contribution in [-0.2, 0) is 4.74 Å². The monoisotopic (exact) mass is 434 g/mol.